The van der Waals surface area contributed by atoms with E-state index in [0.29, 0.717) is 19.3 Å². The second-order valence-corrected chi connectivity index (χ2v) is 11.0. The average Bonchev–Trinajstić information content (AvgIpc) is 3.12. The number of methoxy groups -OCH3 is 1. The number of aryl methyl sites for hydroxylation is 1. The summed E-state index contributed by atoms with van der Waals surface area (Å²) in [6.45, 7) is 14.3. The number of benzene rings is 1. The fraction of sp³-hybridized carbons (Fsp3) is 0.486. The third-order valence-corrected chi connectivity index (χ3v) is 6.81. The van der Waals surface area contributed by atoms with E-state index >= 15 is 0 Å². The summed E-state index contributed by atoms with van der Waals surface area (Å²) in [4.78, 5) is 63.2. The quantitative estimate of drug-likeness (QED) is 0.144. The summed E-state index contributed by atoms with van der Waals surface area (Å²) < 4.78 is 31.5. The van der Waals surface area contributed by atoms with Crippen molar-refractivity contribution in [2.75, 3.05) is 20.5 Å². The zero-order valence-corrected chi connectivity index (χ0v) is 28.6. The molecule has 264 valence electrons. The number of pyridine rings is 1. The summed E-state index contributed by atoms with van der Waals surface area (Å²) in [5, 5.41) is 0. The summed E-state index contributed by atoms with van der Waals surface area (Å²) in [7, 11) is 1.41. The van der Waals surface area contributed by atoms with E-state index in [9.17, 15) is 24.0 Å². The molecule has 13 nitrogen and oxygen atoms in total. The van der Waals surface area contributed by atoms with Gasteiger partial charge >= 0.3 is 23.9 Å². The van der Waals surface area contributed by atoms with Gasteiger partial charge in [-0.05, 0) is 24.8 Å². The van der Waals surface area contributed by atoms with Gasteiger partial charge in [0.25, 0.3) is 5.91 Å². The van der Waals surface area contributed by atoms with E-state index in [2.05, 4.69) is 18.1 Å². The van der Waals surface area contributed by atoms with Gasteiger partial charge in [-0.1, -0.05) is 65.0 Å². The maximum Gasteiger partial charge on any atom is 0.312 e. The lowest BCUT2D eigenvalue weighted by atomic mass is 9.90. The van der Waals surface area contributed by atoms with Crippen molar-refractivity contribution in [2.45, 2.75) is 72.5 Å². The standard InChI is InChI=1S/C21H28O6.C12H16N2O5.C2H4/c1-4-17-19(27-20(23)14(2)3)16(11-10-15-8-6-5-7-9-15)21(24)25-13-12-18(22)26-17;1-7(2)12(16)19-6-18-10-8(17-3)4-5-14-9(10)11(13)15;1-2/h5-9,14,16-17,19H,4,10-13H2,1-3H3;4-5,7H,6H2,1-3H3,(H2,13,15);1-2H2/t16-,17+,19-;;/m1../s1. The molecule has 1 aromatic carbocycles. The second kappa shape index (κ2) is 21.8. The van der Waals surface area contributed by atoms with Crippen LogP contribution in [-0.4, -0.2) is 67.5 Å². The van der Waals surface area contributed by atoms with Gasteiger partial charge in [0, 0.05) is 12.3 Å². The van der Waals surface area contributed by atoms with E-state index in [1.165, 1.54) is 19.4 Å². The molecule has 0 aliphatic carbocycles. The normalized spacial score (nSPS) is 17.4. The lowest BCUT2D eigenvalue weighted by Gasteiger charge is -2.31. The van der Waals surface area contributed by atoms with Crippen molar-refractivity contribution < 1.29 is 52.4 Å². The zero-order chi connectivity index (χ0) is 36.2. The molecule has 0 radical (unpaired) electrons. The highest BCUT2D eigenvalue weighted by Gasteiger charge is 2.41. The number of amides is 1. The number of hydrogen-bond acceptors (Lipinski definition) is 12. The van der Waals surface area contributed by atoms with Crippen LogP contribution in [0.4, 0.5) is 0 Å². The molecule has 0 unspecified atom stereocenters. The Balaban J connectivity index is 0.000000482. The summed E-state index contributed by atoms with van der Waals surface area (Å²) >= 11 is 0. The number of carbonyl (C=O) groups is 5. The highest BCUT2D eigenvalue weighted by atomic mass is 16.7. The molecule has 1 aromatic heterocycles. The van der Waals surface area contributed by atoms with Gasteiger partial charge in [0.05, 0.1) is 31.3 Å². The summed E-state index contributed by atoms with van der Waals surface area (Å²) in [6, 6.07) is 11.3. The minimum atomic E-state index is -0.858. The van der Waals surface area contributed by atoms with Crippen LogP contribution in [0.5, 0.6) is 11.5 Å². The minimum Gasteiger partial charge on any atom is -0.493 e. The largest absolute Gasteiger partial charge is 0.493 e. The van der Waals surface area contributed by atoms with Gasteiger partial charge in [-0.3, -0.25) is 24.0 Å². The number of carbonyl (C=O) groups excluding carboxylic acids is 5. The summed E-state index contributed by atoms with van der Waals surface area (Å²) in [5.74, 6) is -3.49. The molecule has 1 fully saturated rings. The zero-order valence-electron chi connectivity index (χ0n) is 28.6. The van der Waals surface area contributed by atoms with Crippen LogP contribution in [0, 0.1) is 17.8 Å². The van der Waals surface area contributed by atoms with Crippen molar-refractivity contribution in [2.24, 2.45) is 23.5 Å². The Bertz CT molecular complexity index is 1330. The molecular formula is C35H48N2O11. The second-order valence-electron chi connectivity index (χ2n) is 11.0. The number of rotatable bonds is 12. The lowest BCUT2D eigenvalue weighted by Crippen LogP contribution is -2.44. The molecule has 13 heteroatoms. The maximum atomic E-state index is 12.7. The van der Waals surface area contributed by atoms with Crippen molar-refractivity contribution in [1.82, 2.24) is 4.98 Å². The highest BCUT2D eigenvalue weighted by Crippen LogP contribution is 2.29. The van der Waals surface area contributed by atoms with E-state index in [-0.39, 0.29) is 48.8 Å². The SMILES string of the molecule is C=C.CC[C@@H]1OC(=O)CCOC(=O)[C@H](CCc2ccccc2)[C@H]1OC(=O)C(C)C.COc1ccnc(C(N)=O)c1OCOC(=O)C(C)C. The first kappa shape index (κ1) is 41.1. The van der Waals surface area contributed by atoms with Crippen molar-refractivity contribution in [3.8, 4) is 11.5 Å². The van der Waals surface area contributed by atoms with Gasteiger partial charge in [-0.15, -0.1) is 13.2 Å². The van der Waals surface area contributed by atoms with Gasteiger partial charge in [0.1, 0.15) is 12.7 Å². The van der Waals surface area contributed by atoms with Crippen LogP contribution in [0.3, 0.4) is 0 Å². The number of nitrogens with zero attached hydrogens (tertiary/aromatic N) is 1. The molecule has 2 N–H and O–H groups in total. The highest BCUT2D eigenvalue weighted by molar-refractivity contribution is 5.94. The van der Waals surface area contributed by atoms with Crippen molar-refractivity contribution >= 4 is 29.8 Å². The van der Waals surface area contributed by atoms with Crippen LogP contribution in [0.25, 0.3) is 0 Å². The van der Waals surface area contributed by atoms with Crippen molar-refractivity contribution in [1.29, 1.82) is 0 Å². The van der Waals surface area contributed by atoms with E-state index in [1.807, 2.05) is 37.3 Å². The number of esters is 4. The van der Waals surface area contributed by atoms with Gasteiger partial charge < -0.3 is 34.2 Å². The molecule has 1 aliphatic heterocycles. The van der Waals surface area contributed by atoms with Gasteiger partial charge in [-0.25, -0.2) is 4.98 Å². The molecule has 1 aliphatic rings. The Morgan fingerprint density at radius 3 is 2.23 bits per heavy atom. The summed E-state index contributed by atoms with van der Waals surface area (Å²) in [6.07, 6.45) is 1.34. The van der Waals surface area contributed by atoms with E-state index in [4.69, 9.17) is 34.2 Å². The summed E-state index contributed by atoms with van der Waals surface area (Å²) in [5.41, 5.74) is 6.16. The monoisotopic (exact) mass is 672 g/mol. The smallest absolute Gasteiger partial charge is 0.312 e. The van der Waals surface area contributed by atoms with Crippen LogP contribution in [0.1, 0.15) is 69.9 Å². The molecular weight excluding hydrogens is 624 g/mol. The number of primary amides is 1. The fourth-order valence-corrected chi connectivity index (χ4v) is 4.24. The molecule has 2 aromatic rings. The number of ether oxygens (including phenoxy) is 6. The number of hydrogen-bond donors (Lipinski definition) is 1. The van der Waals surface area contributed by atoms with Gasteiger partial charge in [0.2, 0.25) is 6.79 Å². The number of nitrogens with two attached hydrogens (primary N) is 1. The van der Waals surface area contributed by atoms with Gasteiger partial charge in [-0.2, -0.15) is 0 Å². The molecule has 0 spiro atoms. The van der Waals surface area contributed by atoms with Crippen LogP contribution >= 0.6 is 0 Å². The Kier molecular flexibility index (Phi) is 18.6. The molecule has 1 amide bonds. The molecule has 3 atom stereocenters. The van der Waals surface area contributed by atoms with Gasteiger partial charge in [0.15, 0.2) is 23.3 Å². The molecule has 0 bridgehead atoms. The van der Waals surface area contributed by atoms with Crippen LogP contribution in [0.2, 0.25) is 0 Å². The van der Waals surface area contributed by atoms with E-state index in [0.717, 1.165) is 5.56 Å². The van der Waals surface area contributed by atoms with E-state index in [1.54, 1.807) is 27.7 Å². The van der Waals surface area contributed by atoms with Crippen molar-refractivity contribution in [3.05, 3.63) is 67.0 Å². The minimum absolute atomic E-state index is 0.00150. The Morgan fingerprint density at radius 2 is 1.67 bits per heavy atom. The van der Waals surface area contributed by atoms with E-state index < -0.39 is 47.9 Å². The molecule has 1 saturated heterocycles. The topological polar surface area (TPSA) is 180 Å². The Labute approximate surface area is 282 Å². The first-order chi connectivity index (χ1) is 22.9. The van der Waals surface area contributed by atoms with Crippen LogP contribution in [0.15, 0.2) is 55.8 Å². The third kappa shape index (κ3) is 13.4. The fourth-order valence-electron chi connectivity index (χ4n) is 4.24. The average molecular weight is 673 g/mol. The predicted octanol–water partition coefficient (Wildman–Crippen LogP) is 4.60. The van der Waals surface area contributed by atoms with Crippen LogP contribution in [-0.2, 0) is 44.5 Å². The van der Waals surface area contributed by atoms with Crippen LogP contribution < -0.4 is 15.2 Å². The maximum absolute atomic E-state index is 12.7. The third-order valence-electron chi connectivity index (χ3n) is 6.81. The Hall–Kier alpha value is -4.94. The first-order valence-electron chi connectivity index (χ1n) is 15.6. The molecule has 0 saturated carbocycles. The predicted molar refractivity (Wildman–Crippen MR) is 176 cm³/mol. The number of aromatic nitrogens is 1. The lowest BCUT2D eigenvalue weighted by molar-refractivity contribution is -0.178. The molecule has 3 rings (SSSR count). The van der Waals surface area contributed by atoms with Crippen molar-refractivity contribution in [3.63, 3.8) is 0 Å². The molecule has 48 heavy (non-hydrogen) atoms. The first-order valence-corrected chi connectivity index (χ1v) is 15.6. The molecule has 2 heterocycles. The number of cyclic esters (lactones) is 2. The Morgan fingerprint density at radius 1 is 1.02 bits per heavy atom.